The Morgan fingerprint density at radius 2 is 1.96 bits per heavy atom. The number of pyridine rings is 1. The van der Waals surface area contributed by atoms with E-state index >= 15 is 0 Å². The Balaban J connectivity index is 1.58. The van der Waals surface area contributed by atoms with Gasteiger partial charge in [0.25, 0.3) is 5.56 Å². The van der Waals surface area contributed by atoms with Crippen molar-refractivity contribution in [2.45, 2.75) is 51.1 Å². The zero-order chi connectivity index (χ0) is 17.9. The highest BCUT2D eigenvalue weighted by Crippen LogP contribution is 2.30. The maximum Gasteiger partial charge on any atom is 0.275 e. The molecule has 1 aliphatic rings. The SMILES string of the molecule is COCCn1ccc2ccn(Cc3nc(C4CCCCC4)no3)c(=O)c21. The molecule has 0 aromatic carbocycles. The molecule has 138 valence electrons. The number of aromatic nitrogens is 4. The second kappa shape index (κ2) is 7.45. The van der Waals surface area contributed by atoms with Crippen LogP contribution in [-0.4, -0.2) is 33.0 Å². The summed E-state index contributed by atoms with van der Waals surface area (Å²) in [6.07, 6.45) is 9.69. The van der Waals surface area contributed by atoms with Gasteiger partial charge in [-0.15, -0.1) is 0 Å². The Morgan fingerprint density at radius 1 is 1.19 bits per heavy atom. The molecule has 3 aromatic rings. The zero-order valence-electron chi connectivity index (χ0n) is 15.1. The molecule has 7 nitrogen and oxygen atoms in total. The topological polar surface area (TPSA) is 75.1 Å². The highest BCUT2D eigenvalue weighted by molar-refractivity contribution is 5.78. The lowest BCUT2D eigenvalue weighted by Crippen LogP contribution is -2.22. The molecule has 0 N–H and O–H groups in total. The van der Waals surface area contributed by atoms with Crippen LogP contribution in [0, 0.1) is 0 Å². The van der Waals surface area contributed by atoms with Crippen LogP contribution in [0.2, 0.25) is 0 Å². The van der Waals surface area contributed by atoms with Crippen molar-refractivity contribution in [2.24, 2.45) is 0 Å². The average molecular weight is 356 g/mol. The first kappa shape index (κ1) is 17.0. The number of hydrogen-bond donors (Lipinski definition) is 0. The fourth-order valence-electron chi connectivity index (χ4n) is 3.75. The van der Waals surface area contributed by atoms with Crippen molar-refractivity contribution in [3.63, 3.8) is 0 Å². The number of hydrogen-bond acceptors (Lipinski definition) is 5. The number of fused-ring (bicyclic) bond motifs is 1. The summed E-state index contributed by atoms with van der Waals surface area (Å²) in [5.74, 6) is 1.67. The van der Waals surface area contributed by atoms with Gasteiger partial charge in [-0.25, -0.2) is 0 Å². The van der Waals surface area contributed by atoms with E-state index in [0.29, 0.717) is 37.0 Å². The lowest BCUT2D eigenvalue weighted by atomic mass is 9.89. The normalized spacial score (nSPS) is 15.7. The average Bonchev–Trinajstić information content (AvgIpc) is 3.30. The van der Waals surface area contributed by atoms with E-state index in [2.05, 4.69) is 10.1 Å². The van der Waals surface area contributed by atoms with Gasteiger partial charge in [-0.1, -0.05) is 24.4 Å². The summed E-state index contributed by atoms with van der Waals surface area (Å²) in [6, 6.07) is 3.89. The molecule has 3 aromatic heterocycles. The van der Waals surface area contributed by atoms with Crippen molar-refractivity contribution in [3.8, 4) is 0 Å². The lowest BCUT2D eigenvalue weighted by Gasteiger charge is -2.17. The summed E-state index contributed by atoms with van der Waals surface area (Å²) >= 11 is 0. The molecule has 1 aliphatic carbocycles. The van der Waals surface area contributed by atoms with Crippen LogP contribution in [0.25, 0.3) is 10.9 Å². The van der Waals surface area contributed by atoms with E-state index in [4.69, 9.17) is 9.26 Å². The van der Waals surface area contributed by atoms with Gasteiger partial charge in [-0.3, -0.25) is 4.79 Å². The van der Waals surface area contributed by atoms with Gasteiger partial charge in [0.1, 0.15) is 12.1 Å². The number of ether oxygens (including phenoxy) is 1. The Kier molecular flexibility index (Phi) is 4.88. The van der Waals surface area contributed by atoms with Crippen molar-refractivity contribution >= 4 is 10.9 Å². The predicted octanol–water partition coefficient (Wildman–Crippen LogP) is 2.93. The van der Waals surface area contributed by atoms with Crippen molar-refractivity contribution in [2.75, 3.05) is 13.7 Å². The van der Waals surface area contributed by atoms with Gasteiger partial charge >= 0.3 is 0 Å². The molecule has 0 radical (unpaired) electrons. The second-order valence-electron chi connectivity index (χ2n) is 6.94. The minimum Gasteiger partial charge on any atom is -0.383 e. The third kappa shape index (κ3) is 3.31. The van der Waals surface area contributed by atoms with Crippen LogP contribution in [0.15, 0.2) is 33.8 Å². The van der Waals surface area contributed by atoms with Gasteiger partial charge in [0.05, 0.1) is 6.61 Å². The summed E-state index contributed by atoms with van der Waals surface area (Å²) in [7, 11) is 1.66. The molecule has 3 heterocycles. The smallest absolute Gasteiger partial charge is 0.275 e. The summed E-state index contributed by atoms with van der Waals surface area (Å²) in [5.41, 5.74) is 0.623. The van der Waals surface area contributed by atoms with Crippen LogP contribution in [0.1, 0.15) is 49.7 Å². The summed E-state index contributed by atoms with van der Waals surface area (Å²) in [6.45, 7) is 1.50. The van der Waals surface area contributed by atoms with E-state index in [9.17, 15) is 4.79 Å². The minimum atomic E-state index is -0.0546. The van der Waals surface area contributed by atoms with Crippen molar-refractivity contribution in [1.82, 2.24) is 19.3 Å². The van der Waals surface area contributed by atoms with Crippen molar-refractivity contribution in [1.29, 1.82) is 0 Å². The number of methoxy groups -OCH3 is 1. The van der Waals surface area contributed by atoms with Crippen LogP contribution in [0.4, 0.5) is 0 Å². The molecular weight excluding hydrogens is 332 g/mol. The quantitative estimate of drug-likeness (QED) is 0.679. The van der Waals surface area contributed by atoms with Crippen LogP contribution in [0.5, 0.6) is 0 Å². The molecule has 26 heavy (non-hydrogen) atoms. The third-order valence-electron chi connectivity index (χ3n) is 5.19. The first-order valence-corrected chi connectivity index (χ1v) is 9.26. The highest BCUT2D eigenvalue weighted by Gasteiger charge is 2.21. The summed E-state index contributed by atoms with van der Waals surface area (Å²) < 4.78 is 14.1. The molecule has 0 spiro atoms. The largest absolute Gasteiger partial charge is 0.383 e. The van der Waals surface area contributed by atoms with Gasteiger partial charge in [0.15, 0.2) is 5.82 Å². The van der Waals surface area contributed by atoms with E-state index in [1.807, 2.05) is 22.9 Å². The Morgan fingerprint density at radius 3 is 2.73 bits per heavy atom. The minimum absolute atomic E-state index is 0.0546. The van der Waals surface area contributed by atoms with Gasteiger partial charge in [-0.05, 0) is 25.0 Å². The van der Waals surface area contributed by atoms with E-state index in [1.54, 1.807) is 17.9 Å². The van der Waals surface area contributed by atoms with E-state index in [-0.39, 0.29) is 5.56 Å². The first-order chi connectivity index (χ1) is 12.8. The Bertz CT molecular complexity index is 934. The Labute approximate surface area is 151 Å². The standard InChI is InChI=1S/C19H24N4O3/c1-25-12-11-22-9-7-14-8-10-23(19(24)17(14)22)13-16-20-18(21-26-16)15-5-3-2-4-6-15/h7-10,15H,2-6,11-13H2,1H3. The van der Waals surface area contributed by atoms with Crippen LogP contribution >= 0.6 is 0 Å². The van der Waals surface area contributed by atoms with Crippen LogP contribution in [-0.2, 0) is 17.8 Å². The van der Waals surface area contributed by atoms with Crippen molar-refractivity contribution < 1.29 is 9.26 Å². The summed E-state index contributed by atoms with van der Waals surface area (Å²) in [5, 5.41) is 5.08. The number of rotatable bonds is 6. The van der Waals surface area contributed by atoms with E-state index < -0.39 is 0 Å². The van der Waals surface area contributed by atoms with E-state index in [1.165, 1.54) is 19.3 Å². The fraction of sp³-hybridized carbons (Fsp3) is 0.526. The van der Waals surface area contributed by atoms with Crippen LogP contribution < -0.4 is 5.56 Å². The maximum absolute atomic E-state index is 12.9. The monoisotopic (exact) mass is 356 g/mol. The second-order valence-corrected chi connectivity index (χ2v) is 6.94. The molecule has 0 aliphatic heterocycles. The molecule has 7 heteroatoms. The molecule has 0 atom stereocenters. The predicted molar refractivity (Wildman–Crippen MR) is 97.3 cm³/mol. The van der Waals surface area contributed by atoms with Gasteiger partial charge in [0, 0.05) is 37.4 Å². The first-order valence-electron chi connectivity index (χ1n) is 9.26. The molecule has 1 fully saturated rings. The Hall–Kier alpha value is -2.41. The summed E-state index contributed by atoms with van der Waals surface area (Å²) in [4.78, 5) is 17.4. The van der Waals surface area contributed by atoms with Crippen LogP contribution in [0.3, 0.4) is 0 Å². The van der Waals surface area contributed by atoms with Gasteiger partial charge < -0.3 is 18.4 Å². The molecule has 0 unspecified atom stereocenters. The number of nitrogens with zero attached hydrogens (tertiary/aromatic N) is 4. The molecule has 1 saturated carbocycles. The molecule has 0 amide bonds. The fourth-order valence-corrected chi connectivity index (χ4v) is 3.75. The maximum atomic E-state index is 12.9. The van der Waals surface area contributed by atoms with E-state index in [0.717, 1.165) is 24.1 Å². The molecule has 4 rings (SSSR count). The molecular formula is C19H24N4O3. The zero-order valence-corrected chi connectivity index (χ0v) is 15.1. The molecule has 0 saturated heterocycles. The van der Waals surface area contributed by atoms with Gasteiger partial charge in [0.2, 0.25) is 5.89 Å². The highest BCUT2D eigenvalue weighted by atomic mass is 16.5. The lowest BCUT2D eigenvalue weighted by molar-refractivity contribution is 0.188. The van der Waals surface area contributed by atoms with Crippen molar-refractivity contribution in [3.05, 3.63) is 46.6 Å². The molecule has 0 bridgehead atoms. The third-order valence-corrected chi connectivity index (χ3v) is 5.19. The van der Waals surface area contributed by atoms with Gasteiger partial charge in [-0.2, -0.15) is 4.98 Å².